The second-order valence-corrected chi connectivity index (χ2v) is 3.71. The largest absolute Gasteiger partial charge is 0.320 e. The summed E-state index contributed by atoms with van der Waals surface area (Å²) in [4.78, 5) is 3.99. The van der Waals surface area contributed by atoms with Crippen LogP contribution in [0.15, 0.2) is 36.9 Å². The van der Waals surface area contributed by atoms with Gasteiger partial charge in [0, 0.05) is 18.6 Å². The van der Waals surface area contributed by atoms with E-state index < -0.39 is 0 Å². The van der Waals surface area contributed by atoms with Crippen molar-refractivity contribution in [2.75, 3.05) is 13.6 Å². The first-order valence-corrected chi connectivity index (χ1v) is 5.48. The van der Waals surface area contributed by atoms with Gasteiger partial charge >= 0.3 is 0 Å². The summed E-state index contributed by atoms with van der Waals surface area (Å²) in [5, 5.41) is 7.47. The normalized spacial score (nSPS) is 10.6. The van der Waals surface area contributed by atoms with E-state index in [9.17, 15) is 0 Å². The minimum Gasteiger partial charge on any atom is -0.320 e. The van der Waals surface area contributed by atoms with E-state index in [1.165, 1.54) is 5.56 Å². The quantitative estimate of drug-likeness (QED) is 0.769. The zero-order valence-corrected chi connectivity index (χ0v) is 9.43. The molecule has 84 valence electrons. The summed E-state index contributed by atoms with van der Waals surface area (Å²) in [5.74, 6) is 0. The molecule has 0 aromatic carbocycles. The lowest BCUT2D eigenvalue weighted by Crippen LogP contribution is -2.08. The number of nitrogens with one attached hydrogen (secondary N) is 1. The fourth-order valence-electron chi connectivity index (χ4n) is 1.60. The van der Waals surface area contributed by atoms with E-state index in [0.717, 1.165) is 25.1 Å². The van der Waals surface area contributed by atoms with Crippen LogP contribution in [0.4, 0.5) is 0 Å². The molecule has 2 aromatic rings. The van der Waals surface area contributed by atoms with Gasteiger partial charge in [-0.15, -0.1) is 0 Å². The number of nitrogens with zero attached hydrogens (tertiary/aromatic N) is 3. The van der Waals surface area contributed by atoms with E-state index in [1.54, 1.807) is 12.4 Å². The standard InChI is InChI=1S/C12H16N4/c1-13-6-2-3-11-9-15-16(10-11)12-4-7-14-8-5-12/h4-5,7-10,13H,2-3,6H2,1H3. The van der Waals surface area contributed by atoms with Crippen LogP contribution in [0, 0.1) is 0 Å². The van der Waals surface area contributed by atoms with Crippen LogP contribution in [0.5, 0.6) is 0 Å². The van der Waals surface area contributed by atoms with Gasteiger partial charge < -0.3 is 5.32 Å². The van der Waals surface area contributed by atoms with Crippen molar-refractivity contribution < 1.29 is 0 Å². The van der Waals surface area contributed by atoms with Crippen molar-refractivity contribution >= 4 is 0 Å². The summed E-state index contributed by atoms with van der Waals surface area (Å²) in [7, 11) is 1.97. The Bertz CT molecular complexity index is 422. The third-order valence-electron chi connectivity index (χ3n) is 2.46. The Kier molecular flexibility index (Phi) is 3.66. The number of aryl methyl sites for hydroxylation is 1. The van der Waals surface area contributed by atoms with E-state index in [-0.39, 0.29) is 0 Å². The lowest BCUT2D eigenvalue weighted by atomic mass is 10.2. The van der Waals surface area contributed by atoms with Gasteiger partial charge in [-0.3, -0.25) is 4.98 Å². The highest BCUT2D eigenvalue weighted by molar-refractivity contribution is 5.28. The van der Waals surface area contributed by atoms with Crippen LogP contribution in [0.2, 0.25) is 0 Å². The molecule has 0 radical (unpaired) electrons. The SMILES string of the molecule is CNCCCc1cnn(-c2ccncc2)c1. The van der Waals surface area contributed by atoms with E-state index in [1.807, 2.05) is 30.1 Å². The Morgan fingerprint density at radius 2 is 2.12 bits per heavy atom. The second-order valence-electron chi connectivity index (χ2n) is 3.71. The smallest absolute Gasteiger partial charge is 0.0676 e. The van der Waals surface area contributed by atoms with Gasteiger partial charge in [-0.05, 0) is 44.1 Å². The van der Waals surface area contributed by atoms with Crippen LogP contribution in [0.25, 0.3) is 5.69 Å². The topological polar surface area (TPSA) is 42.7 Å². The van der Waals surface area contributed by atoms with Crippen LogP contribution >= 0.6 is 0 Å². The molecule has 0 aliphatic heterocycles. The zero-order valence-electron chi connectivity index (χ0n) is 9.43. The number of hydrogen-bond acceptors (Lipinski definition) is 3. The molecule has 0 saturated carbocycles. The van der Waals surface area contributed by atoms with Crippen LogP contribution in [0.3, 0.4) is 0 Å². The zero-order chi connectivity index (χ0) is 11.2. The average molecular weight is 216 g/mol. The highest BCUT2D eigenvalue weighted by Gasteiger charge is 1.99. The molecule has 2 aromatic heterocycles. The fraction of sp³-hybridized carbons (Fsp3) is 0.333. The second kappa shape index (κ2) is 5.42. The van der Waals surface area contributed by atoms with Crippen LogP contribution < -0.4 is 5.32 Å². The maximum Gasteiger partial charge on any atom is 0.0676 e. The number of hydrogen-bond donors (Lipinski definition) is 1. The van der Waals surface area contributed by atoms with Crippen LogP contribution in [0.1, 0.15) is 12.0 Å². The summed E-state index contributed by atoms with van der Waals surface area (Å²) in [6.45, 7) is 1.04. The Labute approximate surface area is 95.3 Å². The number of rotatable bonds is 5. The number of aromatic nitrogens is 3. The molecule has 4 heteroatoms. The van der Waals surface area contributed by atoms with Crippen molar-refractivity contribution in [3.8, 4) is 5.69 Å². The van der Waals surface area contributed by atoms with Gasteiger partial charge in [0.1, 0.15) is 0 Å². The first kappa shape index (κ1) is 10.8. The van der Waals surface area contributed by atoms with Crippen molar-refractivity contribution in [3.63, 3.8) is 0 Å². The van der Waals surface area contributed by atoms with Gasteiger partial charge in [-0.25, -0.2) is 4.68 Å². The third kappa shape index (κ3) is 2.67. The van der Waals surface area contributed by atoms with E-state index in [4.69, 9.17) is 0 Å². The Morgan fingerprint density at radius 1 is 1.31 bits per heavy atom. The predicted molar refractivity (Wildman–Crippen MR) is 63.6 cm³/mol. The van der Waals surface area contributed by atoms with Gasteiger partial charge in [-0.2, -0.15) is 5.10 Å². The monoisotopic (exact) mass is 216 g/mol. The van der Waals surface area contributed by atoms with Gasteiger partial charge in [0.15, 0.2) is 0 Å². The highest BCUT2D eigenvalue weighted by Crippen LogP contribution is 2.07. The third-order valence-corrected chi connectivity index (χ3v) is 2.46. The maximum atomic E-state index is 4.33. The van der Waals surface area contributed by atoms with Crippen molar-refractivity contribution in [2.24, 2.45) is 0 Å². The van der Waals surface area contributed by atoms with Crippen molar-refractivity contribution in [2.45, 2.75) is 12.8 Å². The minimum absolute atomic E-state index is 1.04. The summed E-state index contributed by atoms with van der Waals surface area (Å²) in [6.07, 6.45) is 9.75. The van der Waals surface area contributed by atoms with Crippen molar-refractivity contribution in [3.05, 3.63) is 42.5 Å². The minimum atomic E-state index is 1.04. The lowest BCUT2D eigenvalue weighted by molar-refractivity contribution is 0.724. The number of pyridine rings is 1. The van der Waals surface area contributed by atoms with Gasteiger partial charge in [0.05, 0.1) is 11.9 Å². The molecule has 4 nitrogen and oxygen atoms in total. The molecule has 0 saturated heterocycles. The summed E-state index contributed by atoms with van der Waals surface area (Å²) >= 11 is 0. The molecule has 0 amide bonds. The molecule has 0 unspecified atom stereocenters. The Balaban J connectivity index is 2.02. The molecule has 0 aliphatic rings. The first-order valence-electron chi connectivity index (χ1n) is 5.48. The average Bonchev–Trinajstić information content (AvgIpc) is 2.79. The molecule has 16 heavy (non-hydrogen) atoms. The Morgan fingerprint density at radius 3 is 2.88 bits per heavy atom. The summed E-state index contributed by atoms with van der Waals surface area (Å²) < 4.78 is 1.89. The molecule has 0 fully saturated rings. The molecule has 0 bridgehead atoms. The van der Waals surface area contributed by atoms with Crippen LogP contribution in [-0.4, -0.2) is 28.4 Å². The molecule has 2 rings (SSSR count). The van der Waals surface area contributed by atoms with Crippen molar-refractivity contribution in [1.29, 1.82) is 0 Å². The lowest BCUT2D eigenvalue weighted by Gasteiger charge is -1.99. The molecule has 2 heterocycles. The molecule has 1 N–H and O–H groups in total. The fourth-order valence-corrected chi connectivity index (χ4v) is 1.60. The van der Waals surface area contributed by atoms with Crippen molar-refractivity contribution in [1.82, 2.24) is 20.1 Å². The maximum absolute atomic E-state index is 4.33. The van der Waals surface area contributed by atoms with Crippen LogP contribution in [-0.2, 0) is 6.42 Å². The summed E-state index contributed by atoms with van der Waals surface area (Å²) in [6, 6.07) is 3.90. The molecule has 0 spiro atoms. The Hall–Kier alpha value is -1.68. The summed E-state index contributed by atoms with van der Waals surface area (Å²) in [5.41, 5.74) is 2.32. The van der Waals surface area contributed by atoms with Gasteiger partial charge in [0.2, 0.25) is 0 Å². The highest BCUT2D eigenvalue weighted by atomic mass is 15.3. The van der Waals surface area contributed by atoms with Gasteiger partial charge in [-0.1, -0.05) is 0 Å². The first-order chi connectivity index (χ1) is 7.90. The predicted octanol–water partition coefficient (Wildman–Crippen LogP) is 1.42. The molecule has 0 aliphatic carbocycles. The van der Waals surface area contributed by atoms with E-state index >= 15 is 0 Å². The molecular formula is C12H16N4. The molecular weight excluding hydrogens is 200 g/mol. The van der Waals surface area contributed by atoms with Gasteiger partial charge in [0.25, 0.3) is 0 Å². The van der Waals surface area contributed by atoms with E-state index in [2.05, 4.69) is 21.6 Å². The van der Waals surface area contributed by atoms with E-state index in [0.29, 0.717) is 0 Å². The molecule has 0 atom stereocenters.